The lowest BCUT2D eigenvalue weighted by atomic mass is 10.1. The fraction of sp³-hybridized carbons (Fsp3) is 0.333. The summed E-state index contributed by atoms with van der Waals surface area (Å²) in [5.41, 5.74) is 0.841. The van der Waals surface area contributed by atoms with Crippen molar-refractivity contribution in [2.45, 2.75) is 29.2 Å². The molecule has 3 heterocycles. The average Bonchev–Trinajstić information content (AvgIpc) is 3.56. The molecular weight excluding hydrogens is 448 g/mol. The van der Waals surface area contributed by atoms with Gasteiger partial charge in [-0.3, -0.25) is 0 Å². The Morgan fingerprint density at radius 3 is 2.79 bits per heavy atom. The summed E-state index contributed by atoms with van der Waals surface area (Å²) >= 11 is 0. The molecule has 1 N–H and O–H groups in total. The third-order valence-electron chi connectivity index (χ3n) is 5.77. The fourth-order valence-corrected chi connectivity index (χ4v) is 5.60. The van der Waals surface area contributed by atoms with E-state index in [-0.39, 0.29) is 29.7 Å². The van der Waals surface area contributed by atoms with Gasteiger partial charge in [0.15, 0.2) is 5.82 Å². The zero-order valence-corrected chi connectivity index (χ0v) is 18.3. The van der Waals surface area contributed by atoms with Crippen LogP contribution in [0, 0.1) is 11.3 Å². The maximum atomic E-state index is 12.9. The van der Waals surface area contributed by atoms with Crippen molar-refractivity contribution >= 4 is 10.0 Å². The Labute approximate surface area is 189 Å². The number of hydrogen-bond acceptors (Lipinski definition) is 9. The number of methoxy groups -OCH3 is 1. The summed E-state index contributed by atoms with van der Waals surface area (Å²) in [6.07, 6.45) is -0.974. The minimum absolute atomic E-state index is 0.0716. The standard InChI is InChI=1S/C21H20N6O5S/c1-30-15-7-4-6-13(9-15)21-23-25-26-27(21)17-12-32-19-16(11-31-20(17)19)24-33(28,29)18-8-3-2-5-14(18)10-22/h2-9,16-17,19-20,24H,11-12H2,1H3. The smallest absolute Gasteiger partial charge is 0.242 e. The van der Waals surface area contributed by atoms with Crippen LogP contribution in [-0.4, -0.2) is 67.2 Å². The number of fused-ring (bicyclic) bond motifs is 1. The van der Waals surface area contributed by atoms with Gasteiger partial charge in [0.2, 0.25) is 10.0 Å². The van der Waals surface area contributed by atoms with Crippen molar-refractivity contribution in [2.75, 3.05) is 20.3 Å². The first-order chi connectivity index (χ1) is 16.0. The second-order valence-electron chi connectivity index (χ2n) is 7.68. The number of hydrogen-bond donors (Lipinski definition) is 1. The van der Waals surface area contributed by atoms with Gasteiger partial charge in [0.25, 0.3) is 0 Å². The lowest BCUT2D eigenvalue weighted by molar-refractivity contribution is 0.0626. The van der Waals surface area contributed by atoms with Crippen molar-refractivity contribution in [3.63, 3.8) is 0 Å². The highest BCUT2D eigenvalue weighted by Gasteiger charge is 2.50. The number of ether oxygens (including phenoxy) is 3. The van der Waals surface area contributed by atoms with Gasteiger partial charge in [-0.15, -0.1) is 5.10 Å². The largest absolute Gasteiger partial charge is 0.497 e. The Balaban J connectivity index is 1.37. The van der Waals surface area contributed by atoms with Crippen LogP contribution in [0.1, 0.15) is 11.6 Å². The third kappa shape index (κ3) is 3.85. The second-order valence-corrected chi connectivity index (χ2v) is 9.36. The molecule has 2 aromatic carbocycles. The molecule has 11 nitrogen and oxygen atoms in total. The first-order valence-corrected chi connectivity index (χ1v) is 11.7. The summed E-state index contributed by atoms with van der Waals surface area (Å²) < 4.78 is 47.3. The Kier molecular flexibility index (Phi) is 5.55. The quantitative estimate of drug-likeness (QED) is 0.558. The highest BCUT2D eigenvalue weighted by Crippen LogP contribution is 2.36. The molecule has 2 fully saturated rings. The molecule has 170 valence electrons. The highest BCUT2D eigenvalue weighted by molar-refractivity contribution is 7.89. The molecule has 0 amide bonds. The first-order valence-electron chi connectivity index (χ1n) is 10.2. The van der Waals surface area contributed by atoms with Gasteiger partial charge in [0.05, 0.1) is 36.8 Å². The summed E-state index contributed by atoms with van der Waals surface area (Å²) in [7, 11) is -2.37. The van der Waals surface area contributed by atoms with Gasteiger partial charge in [-0.1, -0.05) is 24.3 Å². The number of tetrazole rings is 1. The zero-order chi connectivity index (χ0) is 23.0. The molecule has 2 aliphatic heterocycles. The number of nitrogens with zero attached hydrogens (tertiary/aromatic N) is 5. The molecule has 0 saturated carbocycles. The molecular formula is C21H20N6O5S. The van der Waals surface area contributed by atoms with Crippen LogP contribution in [0.15, 0.2) is 53.4 Å². The normalized spacial score (nSPS) is 24.4. The summed E-state index contributed by atoms with van der Waals surface area (Å²) in [6.45, 7) is 0.376. The van der Waals surface area contributed by atoms with Crippen LogP contribution in [0.5, 0.6) is 5.75 Å². The molecule has 0 radical (unpaired) electrons. The molecule has 3 aromatic rings. The Morgan fingerprint density at radius 1 is 1.15 bits per heavy atom. The minimum Gasteiger partial charge on any atom is -0.497 e. The molecule has 0 spiro atoms. The van der Waals surface area contributed by atoms with Crippen LogP contribution in [0.3, 0.4) is 0 Å². The van der Waals surface area contributed by atoms with Crippen molar-refractivity contribution in [1.82, 2.24) is 24.9 Å². The fourth-order valence-electron chi connectivity index (χ4n) is 4.22. The van der Waals surface area contributed by atoms with E-state index in [4.69, 9.17) is 14.2 Å². The minimum atomic E-state index is -3.95. The summed E-state index contributed by atoms with van der Waals surface area (Å²) in [5.74, 6) is 1.20. The molecule has 0 aliphatic carbocycles. The average molecular weight is 468 g/mol. The van der Waals surface area contributed by atoms with Crippen LogP contribution in [0.25, 0.3) is 11.4 Å². The summed E-state index contributed by atoms with van der Waals surface area (Å²) in [4.78, 5) is -0.0775. The molecule has 1 aromatic heterocycles. The van der Waals surface area contributed by atoms with E-state index in [1.165, 1.54) is 12.1 Å². The molecule has 5 rings (SSSR count). The number of nitriles is 1. The van der Waals surface area contributed by atoms with Gasteiger partial charge in [-0.05, 0) is 34.7 Å². The van der Waals surface area contributed by atoms with E-state index in [0.29, 0.717) is 11.6 Å². The lowest BCUT2D eigenvalue weighted by Gasteiger charge is -2.18. The second kappa shape index (κ2) is 8.53. The summed E-state index contributed by atoms with van der Waals surface area (Å²) in [5, 5.41) is 21.4. The monoisotopic (exact) mass is 468 g/mol. The van der Waals surface area contributed by atoms with Crippen LogP contribution in [-0.2, 0) is 19.5 Å². The van der Waals surface area contributed by atoms with Crippen molar-refractivity contribution < 1.29 is 22.6 Å². The van der Waals surface area contributed by atoms with E-state index in [1.807, 2.05) is 30.3 Å². The van der Waals surface area contributed by atoms with E-state index in [9.17, 15) is 13.7 Å². The van der Waals surface area contributed by atoms with Crippen LogP contribution in [0.4, 0.5) is 0 Å². The molecule has 2 saturated heterocycles. The Bertz CT molecular complexity index is 1320. The zero-order valence-electron chi connectivity index (χ0n) is 17.5. The van der Waals surface area contributed by atoms with Crippen molar-refractivity contribution in [1.29, 1.82) is 5.26 Å². The molecule has 12 heteroatoms. The van der Waals surface area contributed by atoms with E-state index < -0.39 is 28.3 Å². The Hall–Kier alpha value is -3.37. The van der Waals surface area contributed by atoms with E-state index in [1.54, 1.807) is 23.9 Å². The van der Waals surface area contributed by atoms with E-state index >= 15 is 0 Å². The van der Waals surface area contributed by atoms with Crippen molar-refractivity contribution in [3.8, 4) is 23.2 Å². The number of benzene rings is 2. The number of nitrogens with one attached hydrogen (secondary N) is 1. The predicted molar refractivity (Wildman–Crippen MR) is 114 cm³/mol. The van der Waals surface area contributed by atoms with Crippen LogP contribution < -0.4 is 9.46 Å². The predicted octanol–water partition coefficient (Wildman–Crippen LogP) is 0.906. The lowest BCUT2D eigenvalue weighted by Crippen LogP contribution is -2.44. The van der Waals surface area contributed by atoms with Gasteiger partial charge in [0, 0.05) is 5.56 Å². The number of aromatic nitrogens is 4. The summed E-state index contributed by atoms with van der Waals surface area (Å²) in [6, 6.07) is 14.4. The Morgan fingerprint density at radius 2 is 1.97 bits per heavy atom. The molecule has 2 aliphatic rings. The molecule has 4 atom stereocenters. The molecule has 4 unspecified atom stereocenters. The van der Waals surface area contributed by atoms with Gasteiger partial charge in [0.1, 0.15) is 30.1 Å². The number of sulfonamides is 1. The SMILES string of the molecule is COc1cccc(-c2nnnn2C2COC3C(NS(=O)(=O)c4ccccc4C#N)COC32)c1. The van der Waals surface area contributed by atoms with Crippen molar-refractivity contribution in [3.05, 3.63) is 54.1 Å². The maximum Gasteiger partial charge on any atom is 0.242 e. The van der Waals surface area contributed by atoms with Crippen LogP contribution >= 0.6 is 0 Å². The maximum absolute atomic E-state index is 12.9. The molecule has 33 heavy (non-hydrogen) atoms. The highest BCUT2D eigenvalue weighted by atomic mass is 32.2. The molecule has 0 bridgehead atoms. The van der Waals surface area contributed by atoms with Crippen molar-refractivity contribution in [2.24, 2.45) is 0 Å². The van der Waals surface area contributed by atoms with Gasteiger partial charge < -0.3 is 14.2 Å². The van der Waals surface area contributed by atoms with Gasteiger partial charge in [-0.25, -0.2) is 17.8 Å². The van der Waals surface area contributed by atoms with Gasteiger partial charge >= 0.3 is 0 Å². The number of rotatable bonds is 6. The third-order valence-corrected chi connectivity index (χ3v) is 7.31. The van der Waals surface area contributed by atoms with E-state index in [2.05, 4.69) is 20.2 Å². The van der Waals surface area contributed by atoms with E-state index in [0.717, 1.165) is 5.56 Å². The first kappa shape index (κ1) is 21.5. The topological polar surface area (TPSA) is 141 Å². The van der Waals surface area contributed by atoms with Gasteiger partial charge in [-0.2, -0.15) is 5.26 Å². The van der Waals surface area contributed by atoms with Crippen LogP contribution in [0.2, 0.25) is 0 Å².